The number of fused-ring (bicyclic) bond motifs is 1. The number of carbonyl (C=O) groups excluding carboxylic acids is 1. The minimum absolute atomic E-state index is 0.280. The summed E-state index contributed by atoms with van der Waals surface area (Å²) in [5.41, 5.74) is 4.58. The fourth-order valence-corrected chi connectivity index (χ4v) is 4.77. The van der Waals surface area contributed by atoms with Gasteiger partial charge in [0.1, 0.15) is 0 Å². The van der Waals surface area contributed by atoms with Gasteiger partial charge in [0.15, 0.2) is 0 Å². The highest BCUT2D eigenvalue weighted by Crippen LogP contribution is 2.23. The molecule has 0 unspecified atom stereocenters. The lowest BCUT2D eigenvalue weighted by Gasteiger charge is -2.25. The van der Waals surface area contributed by atoms with E-state index in [0.29, 0.717) is 13.1 Å². The van der Waals surface area contributed by atoms with E-state index in [2.05, 4.69) is 72.9 Å². The Morgan fingerprint density at radius 3 is 2.91 bits per heavy atom. The standard InChI is InChI=1S/C25H31BrN4O2/c1-32-25(31)29(15-14-28-12-6-7-13-28)18-21-16-20(10-11-22(21)26)17-30-19-27-23-8-4-2-3-5-9-24(23)30/h2-4,8,10-11,16,19H,5-7,9,12-15,17-18H2,1H3/b3-2-,8-4-. The van der Waals surface area contributed by atoms with E-state index in [1.165, 1.54) is 31.2 Å². The Bertz CT molecular complexity index is 992. The summed E-state index contributed by atoms with van der Waals surface area (Å²) in [6, 6.07) is 6.39. The molecule has 1 saturated heterocycles. The number of benzene rings is 1. The topological polar surface area (TPSA) is 50.6 Å². The molecule has 0 spiro atoms. The molecule has 1 aromatic carbocycles. The maximum absolute atomic E-state index is 12.4. The van der Waals surface area contributed by atoms with Crippen molar-refractivity contribution in [2.24, 2.45) is 0 Å². The van der Waals surface area contributed by atoms with E-state index in [0.717, 1.165) is 54.8 Å². The minimum atomic E-state index is -0.280. The number of allylic oxidation sites excluding steroid dienone is 3. The van der Waals surface area contributed by atoms with Gasteiger partial charge in [0.25, 0.3) is 0 Å². The van der Waals surface area contributed by atoms with Gasteiger partial charge in [-0.05, 0) is 62.0 Å². The molecule has 1 aliphatic carbocycles. The first-order chi connectivity index (χ1) is 15.6. The summed E-state index contributed by atoms with van der Waals surface area (Å²) in [6.45, 7) is 5.06. The zero-order valence-corrected chi connectivity index (χ0v) is 20.3. The number of rotatable bonds is 7. The van der Waals surface area contributed by atoms with Crippen LogP contribution in [0.5, 0.6) is 0 Å². The Morgan fingerprint density at radius 2 is 2.09 bits per heavy atom. The summed E-state index contributed by atoms with van der Waals surface area (Å²) in [5.74, 6) is 0. The van der Waals surface area contributed by atoms with E-state index in [4.69, 9.17) is 4.74 Å². The molecule has 0 bridgehead atoms. The number of methoxy groups -OCH3 is 1. The number of amides is 1. The third-order valence-corrected chi connectivity index (χ3v) is 6.94. The van der Waals surface area contributed by atoms with E-state index in [1.807, 2.05) is 6.33 Å². The number of aromatic nitrogens is 2. The molecular weight excluding hydrogens is 468 g/mol. The molecular formula is C25H31BrN4O2. The van der Waals surface area contributed by atoms with E-state index in [-0.39, 0.29) is 6.09 Å². The molecule has 1 aromatic heterocycles. The van der Waals surface area contributed by atoms with Gasteiger partial charge in [0, 0.05) is 29.8 Å². The summed E-state index contributed by atoms with van der Waals surface area (Å²) >= 11 is 3.68. The highest BCUT2D eigenvalue weighted by atomic mass is 79.9. The van der Waals surface area contributed by atoms with Crippen molar-refractivity contribution in [3.05, 3.63) is 69.7 Å². The number of imidazole rings is 1. The van der Waals surface area contributed by atoms with Crippen molar-refractivity contribution < 1.29 is 9.53 Å². The lowest BCUT2D eigenvalue weighted by Crippen LogP contribution is -2.37. The molecule has 2 aliphatic rings. The highest BCUT2D eigenvalue weighted by molar-refractivity contribution is 9.10. The number of hydrogen-bond acceptors (Lipinski definition) is 4. The van der Waals surface area contributed by atoms with Gasteiger partial charge in [-0.2, -0.15) is 0 Å². The predicted molar refractivity (Wildman–Crippen MR) is 130 cm³/mol. The lowest BCUT2D eigenvalue weighted by atomic mass is 10.1. The van der Waals surface area contributed by atoms with E-state index in [9.17, 15) is 4.79 Å². The molecule has 0 atom stereocenters. The van der Waals surface area contributed by atoms with Crippen LogP contribution in [0.4, 0.5) is 4.79 Å². The predicted octanol–water partition coefficient (Wildman–Crippen LogP) is 4.87. The first-order valence-corrected chi connectivity index (χ1v) is 12.1. The molecule has 2 heterocycles. The molecule has 1 fully saturated rings. The van der Waals surface area contributed by atoms with Crippen LogP contribution in [-0.4, -0.2) is 58.7 Å². The number of carbonyl (C=O) groups is 1. The Morgan fingerprint density at radius 1 is 1.25 bits per heavy atom. The smallest absolute Gasteiger partial charge is 0.409 e. The average Bonchev–Trinajstić information content (AvgIpc) is 3.42. The van der Waals surface area contributed by atoms with Crippen LogP contribution in [0.1, 0.15) is 41.8 Å². The molecule has 4 rings (SSSR count). The first-order valence-electron chi connectivity index (χ1n) is 11.3. The molecule has 170 valence electrons. The van der Waals surface area contributed by atoms with Gasteiger partial charge in [0.2, 0.25) is 0 Å². The number of halogens is 1. The monoisotopic (exact) mass is 498 g/mol. The van der Waals surface area contributed by atoms with Gasteiger partial charge >= 0.3 is 6.09 Å². The molecule has 6 nitrogen and oxygen atoms in total. The largest absolute Gasteiger partial charge is 0.453 e. The second-order valence-corrected chi connectivity index (χ2v) is 9.25. The number of hydrogen-bond donors (Lipinski definition) is 0. The van der Waals surface area contributed by atoms with Gasteiger partial charge in [-0.3, -0.25) is 0 Å². The summed E-state index contributed by atoms with van der Waals surface area (Å²) in [7, 11) is 1.45. The summed E-state index contributed by atoms with van der Waals surface area (Å²) < 4.78 is 8.31. The van der Waals surface area contributed by atoms with Gasteiger partial charge in [-0.1, -0.05) is 46.3 Å². The third kappa shape index (κ3) is 5.70. The van der Waals surface area contributed by atoms with E-state index >= 15 is 0 Å². The van der Waals surface area contributed by atoms with Crippen molar-refractivity contribution in [2.45, 2.75) is 38.8 Å². The van der Waals surface area contributed by atoms with Crippen LogP contribution in [0, 0.1) is 0 Å². The number of likely N-dealkylation sites (tertiary alicyclic amines) is 1. The second-order valence-electron chi connectivity index (χ2n) is 8.40. The average molecular weight is 499 g/mol. The normalized spacial score (nSPS) is 17.9. The van der Waals surface area contributed by atoms with Crippen molar-refractivity contribution in [1.82, 2.24) is 19.4 Å². The molecule has 0 N–H and O–H groups in total. The van der Waals surface area contributed by atoms with Crippen LogP contribution in [0.15, 0.2) is 47.2 Å². The SMILES string of the molecule is COC(=O)N(CCN1CCCC1)Cc1cc(Cn2cnc3c2CC/C=C\C=C/3)ccc1Br. The molecule has 0 saturated carbocycles. The van der Waals surface area contributed by atoms with Crippen LogP contribution in [0.3, 0.4) is 0 Å². The lowest BCUT2D eigenvalue weighted by molar-refractivity contribution is 0.115. The van der Waals surface area contributed by atoms with Crippen LogP contribution in [0.2, 0.25) is 0 Å². The minimum Gasteiger partial charge on any atom is -0.453 e. The maximum Gasteiger partial charge on any atom is 0.409 e. The molecule has 32 heavy (non-hydrogen) atoms. The molecule has 0 radical (unpaired) electrons. The fourth-order valence-electron chi connectivity index (χ4n) is 4.39. The zero-order valence-electron chi connectivity index (χ0n) is 18.7. The number of nitrogens with zero attached hydrogens (tertiary/aromatic N) is 4. The fraction of sp³-hybridized carbons (Fsp3) is 0.440. The van der Waals surface area contributed by atoms with Gasteiger partial charge < -0.3 is 19.1 Å². The quantitative estimate of drug-likeness (QED) is 0.546. The zero-order chi connectivity index (χ0) is 22.3. The molecule has 7 heteroatoms. The molecule has 1 aliphatic heterocycles. The number of ether oxygens (including phenoxy) is 1. The third-order valence-electron chi connectivity index (χ3n) is 6.17. The van der Waals surface area contributed by atoms with Crippen molar-refractivity contribution in [3.63, 3.8) is 0 Å². The second kappa shape index (κ2) is 11.0. The molecule has 2 aromatic rings. The Kier molecular flexibility index (Phi) is 7.81. The van der Waals surface area contributed by atoms with E-state index in [1.54, 1.807) is 4.90 Å². The molecule has 1 amide bonds. The Balaban J connectivity index is 1.48. The van der Waals surface area contributed by atoms with Crippen LogP contribution in [0.25, 0.3) is 6.08 Å². The van der Waals surface area contributed by atoms with E-state index < -0.39 is 0 Å². The van der Waals surface area contributed by atoms with Gasteiger partial charge in [0.05, 0.1) is 25.7 Å². The van der Waals surface area contributed by atoms with Crippen molar-refractivity contribution in [1.29, 1.82) is 0 Å². The first kappa shape index (κ1) is 22.8. The van der Waals surface area contributed by atoms with Crippen molar-refractivity contribution in [3.8, 4) is 0 Å². The van der Waals surface area contributed by atoms with Crippen LogP contribution < -0.4 is 0 Å². The summed E-state index contributed by atoms with van der Waals surface area (Å²) in [6.07, 6.45) is 14.5. The maximum atomic E-state index is 12.4. The van der Waals surface area contributed by atoms with Gasteiger partial charge in [-0.15, -0.1) is 0 Å². The van der Waals surface area contributed by atoms with Crippen molar-refractivity contribution in [2.75, 3.05) is 33.3 Å². The van der Waals surface area contributed by atoms with Gasteiger partial charge in [-0.25, -0.2) is 9.78 Å². The van der Waals surface area contributed by atoms with Crippen LogP contribution in [-0.2, 0) is 24.2 Å². The summed E-state index contributed by atoms with van der Waals surface area (Å²) in [5, 5.41) is 0. The highest BCUT2D eigenvalue weighted by Gasteiger charge is 2.19. The Hall–Kier alpha value is -2.38. The van der Waals surface area contributed by atoms with Crippen LogP contribution >= 0.6 is 15.9 Å². The summed E-state index contributed by atoms with van der Waals surface area (Å²) in [4.78, 5) is 21.3. The Labute approximate surface area is 198 Å². The van der Waals surface area contributed by atoms with Crippen molar-refractivity contribution >= 4 is 28.1 Å².